The molecule has 30 heavy (non-hydrogen) atoms. The second kappa shape index (κ2) is 11.9. The van der Waals surface area contributed by atoms with Gasteiger partial charge >= 0.3 is 0 Å². The Morgan fingerprint density at radius 2 is 1.93 bits per heavy atom. The van der Waals surface area contributed by atoms with Crippen LogP contribution in [0.4, 0.5) is 0 Å². The summed E-state index contributed by atoms with van der Waals surface area (Å²) in [6, 6.07) is 7.70. The summed E-state index contributed by atoms with van der Waals surface area (Å²) >= 11 is 0. The molecule has 1 aromatic carbocycles. The molecule has 2 aliphatic rings. The molecule has 0 aromatic heterocycles. The van der Waals surface area contributed by atoms with Gasteiger partial charge in [-0.25, -0.2) is 0 Å². The quantitative estimate of drug-likeness (QED) is 0.528. The summed E-state index contributed by atoms with van der Waals surface area (Å²) in [6.07, 6.45) is 6.17. The number of aliphatic imine (C=N–C) groups is 1. The number of hydrogen-bond donors (Lipinski definition) is 2. The summed E-state index contributed by atoms with van der Waals surface area (Å²) in [7, 11) is 1.82. The lowest BCUT2D eigenvalue weighted by Crippen LogP contribution is -2.47. The maximum Gasteiger partial charge on any atom is 0.251 e. The van der Waals surface area contributed by atoms with Crippen LogP contribution in [0.3, 0.4) is 0 Å². The average molecular weight is 417 g/mol. The Kier molecular flexibility index (Phi) is 8.96. The number of guanidine groups is 1. The average Bonchev–Trinajstić information content (AvgIpc) is 2.80. The SMILES string of the molecule is CCNC(=O)c1ccc(CNC(=NC)N2CCC(OCC3CCCCO3)CC2)cc1. The zero-order valence-corrected chi connectivity index (χ0v) is 18.4. The topological polar surface area (TPSA) is 75.2 Å². The monoisotopic (exact) mass is 416 g/mol. The molecule has 2 N–H and O–H groups in total. The number of likely N-dealkylation sites (tertiary alicyclic amines) is 1. The first-order valence-corrected chi connectivity index (χ1v) is 11.3. The molecule has 3 rings (SSSR count). The van der Waals surface area contributed by atoms with Gasteiger partial charge in [-0.15, -0.1) is 0 Å². The van der Waals surface area contributed by atoms with E-state index in [1.165, 1.54) is 12.8 Å². The molecule has 1 atom stereocenters. The van der Waals surface area contributed by atoms with Crippen LogP contribution >= 0.6 is 0 Å². The highest BCUT2D eigenvalue weighted by atomic mass is 16.5. The van der Waals surface area contributed by atoms with Gasteiger partial charge in [0.1, 0.15) is 0 Å². The van der Waals surface area contributed by atoms with E-state index in [-0.39, 0.29) is 12.0 Å². The molecule has 2 saturated heterocycles. The number of carbonyl (C=O) groups excluding carboxylic acids is 1. The minimum absolute atomic E-state index is 0.0343. The van der Waals surface area contributed by atoms with Crippen LogP contribution in [0, 0.1) is 0 Å². The van der Waals surface area contributed by atoms with Crippen LogP contribution in [0.2, 0.25) is 0 Å². The second-order valence-electron chi connectivity index (χ2n) is 7.97. The number of hydrogen-bond acceptors (Lipinski definition) is 4. The highest BCUT2D eigenvalue weighted by Gasteiger charge is 2.23. The maximum atomic E-state index is 11.9. The number of nitrogens with zero attached hydrogens (tertiary/aromatic N) is 2. The molecule has 7 nitrogen and oxygen atoms in total. The molecule has 0 aliphatic carbocycles. The van der Waals surface area contributed by atoms with Crippen molar-refractivity contribution in [3.05, 3.63) is 35.4 Å². The van der Waals surface area contributed by atoms with Gasteiger partial charge in [0, 0.05) is 45.4 Å². The van der Waals surface area contributed by atoms with Crippen LogP contribution in [-0.2, 0) is 16.0 Å². The summed E-state index contributed by atoms with van der Waals surface area (Å²) in [5.74, 6) is 0.879. The predicted molar refractivity (Wildman–Crippen MR) is 119 cm³/mol. The van der Waals surface area contributed by atoms with E-state index in [4.69, 9.17) is 9.47 Å². The molecular formula is C23H36N4O3. The largest absolute Gasteiger partial charge is 0.376 e. The molecule has 2 fully saturated rings. The summed E-state index contributed by atoms with van der Waals surface area (Å²) in [6.45, 7) is 6.71. The summed E-state index contributed by atoms with van der Waals surface area (Å²) in [5, 5.41) is 6.26. The van der Waals surface area contributed by atoms with Crippen molar-refractivity contribution in [2.75, 3.05) is 39.9 Å². The fraction of sp³-hybridized carbons (Fsp3) is 0.652. The van der Waals surface area contributed by atoms with Gasteiger partial charge in [0.15, 0.2) is 5.96 Å². The molecule has 1 aromatic rings. The minimum Gasteiger partial charge on any atom is -0.376 e. The molecule has 7 heteroatoms. The molecule has 0 saturated carbocycles. The van der Waals surface area contributed by atoms with Crippen LogP contribution in [0.5, 0.6) is 0 Å². The molecule has 166 valence electrons. The molecule has 1 unspecified atom stereocenters. The number of amides is 1. The molecule has 0 radical (unpaired) electrons. The van der Waals surface area contributed by atoms with E-state index in [2.05, 4.69) is 20.5 Å². The lowest BCUT2D eigenvalue weighted by atomic mass is 10.1. The Morgan fingerprint density at radius 1 is 1.17 bits per heavy atom. The minimum atomic E-state index is -0.0343. The van der Waals surface area contributed by atoms with Gasteiger partial charge in [-0.2, -0.15) is 0 Å². The maximum absolute atomic E-state index is 11.9. The third-order valence-electron chi connectivity index (χ3n) is 5.75. The van der Waals surface area contributed by atoms with Crippen molar-refractivity contribution in [1.29, 1.82) is 0 Å². The molecule has 2 heterocycles. The van der Waals surface area contributed by atoms with Crippen molar-refractivity contribution in [2.45, 2.75) is 57.8 Å². The normalized spacial score (nSPS) is 20.8. The van der Waals surface area contributed by atoms with E-state index >= 15 is 0 Å². The highest BCUT2D eigenvalue weighted by Crippen LogP contribution is 2.18. The van der Waals surface area contributed by atoms with Crippen molar-refractivity contribution in [3.63, 3.8) is 0 Å². The lowest BCUT2D eigenvalue weighted by Gasteiger charge is -2.35. The van der Waals surface area contributed by atoms with Crippen LogP contribution in [0.1, 0.15) is 54.9 Å². The third-order valence-corrected chi connectivity index (χ3v) is 5.75. The van der Waals surface area contributed by atoms with Crippen LogP contribution < -0.4 is 10.6 Å². The second-order valence-corrected chi connectivity index (χ2v) is 7.97. The van der Waals surface area contributed by atoms with Crippen molar-refractivity contribution in [3.8, 4) is 0 Å². The highest BCUT2D eigenvalue weighted by molar-refractivity contribution is 5.94. The smallest absolute Gasteiger partial charge is 0.251 e. The molecule has 2 aliphatic heterocycles. The van der Waals surface area contributed by atoms with Crippen molar-refractivity contribution < 1.29 is 14.3 Å². The zero-order chi connectivity index (χ0) is 21.2. The van der Waals surface area contributed by atoms with Crippen molar-refractivity contribution in [1.82, 2.24) is 15.5 Å². The third kappa shape index (κ3) is 6.71. The van der Waals surface area contributed by atoms with Crippen LogP contribution in [0.25, 0.3) is 0 Å². The number of piperidine rings is 1. The van der Waals surface area contributed by atoms with Gasteiger partial charge in [0.25, 0.3) is 5.91 Å². The van der Waals surface area contributed by atoms with Gasteiger partial charge < -0.3 is 25.0 Å². The van der Waals surface area contributed by atoms with E-state index in [9.17, 15) is 4.79 Å². The summed E-state index contributed by atoms with van der Waals surface area (Å²) in [4.78, 5) is 18.6. The Labute approximate surface area is 180 Å². The van der Waals surface area contributed by atoms with Gasteiger partial charge in [0.2, 0.25) is 0 Å². The standard InChI is InChI=1S/C23H36N4O3/c1-3-25-22(28)19-9-7-18(8-10-19)16-26-23(24-2)27-13-11-20(12-14-27)30-17-21-6-4-5-15-29-21/h7-10,20-21H,3-6,11-17H2,1-2H3,(H,24,26)(H,25,28). The number of benzene rings is 1. The zero-order valence-electron chi connectivity index (χ0n) is 18.4. The van der Waals surface area contributed by atoms with Crippen molar-refractivity contribution >= 4 is 11.9 Å². The Balaban J connectivity index is 1.39. The first-order valence-electron chi connectivity index (χ1n) is 11.3. The van der Waals surface area contributed by atoms with E-state index in [1.807, 2.05) is 38.2 Å². The van der Waals surface area contributed by atoms with E-state index in [0.717, 1.165) is 57.1 Å². The van der Waals surface area contributed by atoms with Gasteiger partial charge in [-0.05, 0) is 56.7 Å². The lowest BCUT2D eigenvalue weighted by molar-refractivity contribution is -0.0721. The first-order chi connectivity index (χ1) is 14.7. The molecular weight excluding hydrogens is 380 g/mol. The van der Waals surface area contributed by atoms with Crippen LogP contribution in [-0.4, -0.2) is 68.9 Å². The number of ether oxygens (including phenoxy) is 2. The van der Waals surface area contributed by atoms with E-state index in [1.54, 1.807) is 0 Å². The summed E-state index contributed by atoms with van der Waals surface area (Å²) < 4.78 is 11.9. The fourth-order valence-electron chi connectivity index (χ4n) is 3.97. The fourth-order valence-corrected chi connectivity index (χ4v) is 3.97. The number of nitrogens with one attached hydrogen (secondary N) is 2. The van der Waals surface area contributed by atoms with Gasteiger partial charge in [-0.3, -0.25) is 9.79 Å². The van der Waals surface area contributed by atoms with Gasteiger partial charge in [-0.1, -0.05) is 12.1 Å². The van der Waals surface area contributed by atoms with E-state index in [0.29, 0.717) is 24.8 Å². The Morgan fingerprint density at radius 3 is 2.57 bits per heavy atom. The van der Waals surface area contributed by atoms with Crippen LogP contribution in [0.15, 0.2) is 29.3 Å². The predicted octanol–water partition coefficient (Wildman–Crippen LogP) is 2.56. The van der Waals surface area contributed by atoms with E-state index < -0.39 is 0 Å². The number of rotatable bonds is 7. The molecule has 1 amide bonds. The first kappa shape index (κ1) is 22.6. The number of carbonyl (C=O) groups is 1. The molecule has 0 spiro atoms. The Hall–Kier alpha value is -2.12. The molecule has 0 bridgehead atoms. The Bertz CT molecular complexity index is 678. The van der Waals surface area contributed by atoms with Crippen molar-refractivity contribution in [2.24, 2.45) is 4.99 Å². The van der Waals surface area contributed by atoms with Gasteiger partial charge in [0.05, 0.1) is 18.8 Å². The summed E-state index contributed by atoms with van der Waals surface area (Å²) in [5.41, 5.74) is 1.81.